The molecule has 0 saturated carbocycles. The minimum absolute atomic E-state index is 0.129. The van der Waals surface area contributed by atoms with Crippen molar-refractivity contribution in [2.24, 2.45) is 0 Å². The molecule has 0 bridgehead atoms. The second-order valence-electron chi connectivity index (χ2n) is 4.05. The molecule has 1 heterocycles. The number of nitrogens with zero attached hydrogens (tertiary/aromatic N) is 1. The predicted molar refractivity (Wildman–Crippen MR) is 69.3 cm³/mol. The summed E-state index contributed by atoms with van der Waals surface area (Å²) < 4.78 is 10.5. The number of hydrogen-bond acceptors (Lipinski definition) is 4. The number of fused-ring (bicyclic) bond motifs is 1. The Bertz CT molecular complexity index is 538. The first-order valence-electron chi connectivity index (χ1n) is 5.56. The third kappa shape index (κ3) is 3.31. The van der Waals surface area contributed by atoms with E-state index in [0.717, 1.165) is 5.56 Å². The first kappa shape index (κ1) is 13.5. The van der Waals surface area contributed by atoms with Gasteiger partial charge in [-0.25, -0.2) is 0 Å². The van der Waals surface area contributed by atoms with E-state index in [1.807, 2.05) is 0 Å². The smallest absolute Gasteiger partial charge is 0.317 e. The number of rotatable bonds is 5. The number of carboxylic acids is 1. The summed E-state index contributed by atoms with van der Waals surface area (Å²) in [5.41, 5.74) is 0.825. The molecule has 0 spiro atoms. The van der Waals surface area contributed by atoms with Crippen LogP contribution in [-0.4, -0.2) is 35.9 Å². The van der Waals surface area contributed by atoms with E-state index in [-0.39, 0.29) is 19.9 Å². The van der Waals surface area contributed by atoms with Crippen molar-refractivity contribution in [3.05, 3.63) is 22.7 Å². The van der Waals surface area contributed by atoms with Gasteiger partial charge in [0.25, 0.3) is 0 Å². The maximum Gasteiger partial charge on any atom is 0.317 e. The molecule has 5 nitrogen and oxygen atoms in total. The van der Waals surface area contributed by atoms with Gasteiger partial charge in [-0.2, -0.15) is 0 Å². The summed E-state index contributed by atoms with van der Waals surface area (Å²) in [6.45, 7) is 0.642. The molecule has 1 aliphatic heterocycles. The standard InChI is InChI=1S/C13H12ClNO4/c1-2-3-15(7-12(16)17)6-9-4-10(14)13-11(5-9)18-8-19-13/h1,4-5H,3,6-8H2,(H,16,17). The zero-order chi connectivity index (χ0) is 13.8. The fraction of sp³-hybridized carbons (Fsp3) is 0.308. The quantitative estimate of drug-likeness (QED) is 0.831. The number of aliphatic carboxylic acids is 1. The number of carboxylic acid groups (broad SMARTS) is 1. The van der Waals surface area contributed by atoms with Crippen LogP contribution in [0, 0.1) is 12.3 Å². The minimum atomic E-state index is -0.929. The molecule has 1 aliphatic rings. The van der Waals surface area contributed by atoms with Gasteiger partial charge >= 0.3 is 5.97 Å². The molecule has 1 aromatic rings. The van der Waals surface area contributed by atoms with Gasteiger partial charge in [-0.1, -0.05) is 17.5 Å². The van der Waals surface area contributed by atoms with E-state index in [4.69, 9.17) is 32.6 Å². The monoisotopic (exact) mass is 281 g/mol. The van der Waals surface area contributed by atoms with Crippen LogP contribution in [0.4, 0.5) is 0 Å². The fourth-order valence-electron chi connectivity index (χ4n) is 1.86. The number of halogens is 1. The third-order valence-electron chi connectivity index (χ3n) is 2.57. The van der Waals surface area contributed by atoms with E-state index >= 15 is 0 Å². The Morgan fingerprint density at radius 1 is 1.53 bits per heavy atom. The Hall–Kier alpha value is -1.90. The maximum absolute atomic E-state index is 10.7. The Kier molecular flexibility index (Phi) is 4.15. The SMILES string of the molecule is C#CCN(CC(=O)O)Cc1cc(Cl)c2c(c1)OCO2. The van der Waals surface area contributed by atoms with E-state index in [1.54, 1.807) is 17.0 Å². The summed E-state index contributed by atoms with van der Waals surface area (Å²) in [6.07, 6.45) is 5.22. The zero-order valence-corrected chi connectivity index (χ0v) is 10.8. The van der Waals surface area contributed by atoms with Crippen LogP contribution >= 0.6 is 11.6 Å². The molecule has 19 heavy (non-hydrogen) atoms. The van der Waals surface area contributed by atoms with E-state index in [2.05, 4.69) is 5.92 Å². The molecule has 0 aliphatic carbocycles. The minimum Gasteiger partial charge on any atom is -0.480 e. The molecular weight excluding hydrogens is 270 g/mol. The molecule has 1 aromatic carbocycles. The molecule has 0 radical (unpaired) electrons. The Labute approximate surface area is 115 Å². The van der Waals surface area contributed by atoms with Crippen LogP contribution in [0.25, 0.3) is 0 Å². The van der Waals surface area contributed by atoms with Crippen molar-refractivity contribution in [1.29, 1.82) is 0 Å². The highest BCUT2D eigenvalue weighted by molar-refractivity contribution is 6.32. The predicted octanol–water partition coefficient (Wildman–Crippen LogP) is 1.59. The topological polar surface area (TPSA) is 59.0 Å². The van der Waals surface area contributed by atoms with Crippen LogP contribution in [0.5, 0.6) is 11.5 Å². The van der Waals surface area contributed by atoms with Gasteiger partial charge in [0.2, 0.25) is 6.79 Å². The molecule has 6 heteroatoms. The van der Waals surface area contributed by atoms with Gasteiger partial charge in [-0.05, 0) is 17.7 Å². The van der Waals surface area contributed by atoms with Crippen molar-refractivity contribution in [3.8, 4) is 23.8 Å². The normalized spacial score (nSPS) is 12.5. The van der Waals surface area contributed by atoms with Crippen molar-refractivity contribution in [1.82, 2.24) is 4.90 Å². The lowest BCUT2D eigenvalue weighted by atomic mass is 10.2. The highest BCUT2D eigenvalue weighted by Gasteiger charge is 2.19. The van der Waals surface area contributed by atoms with Crippen LogP contribution in [0.1, 0.15) is 5.56 Å². The third-order valence-corrected chi connectivity index (χ3v) is 2.85. The highest BCUT2D eigenvalue weighted by Crippen LogP contribution is 2.39. The summed E-state index contributed by atoms with van der Waals surface area (Å²) in [6, 6.07) is 3.50. The van der Waals surface area contributed by atoms with E-state index < -0.39 is 5.97 Å². The average Bonchev–Trinajstić information content (AvgIpc) is 2.77. The van der Waals surface area contributed by atoms with Gasteiger partial charge in [0.15, 0.2) is 11.5 Å². The summed E-state index contributed by atoms with van der Waals surface area (Å²) in [7, 11) is 0. The molecule has 0 unspecified atom stereocenters. The first-order chi connectivity index (χ1) is 9.10. The van der Waals surface area contributed by atoms with Gasteiger partial charge in [-0.3, -0.25) is 9.69 Å². The Balaban J connectivity index is 2.15. The highest BCUT2D eigenvalue weighted by atomic mass is 35.5. The summed E-state index contributed by atoms with van der Waals surface area (Å²) in [5.74, 6) is 2.59. The van der Waals surface area contributed by atoms with Gasteiger partial charge < -0.3 is 14.6 Å². The second kappa shape index (κ2) is 5.83. The van der Waals surface area contributed by atoms with E-state index in [1.165, 1.54) is 0 Å². The van der Waals surface area contributed by atoms with Crippen molar-refractivity contribution < 1.29 is 19.4 Å². The molecule has 0 fully saturated rings. The van der Waals surface area contributed by atoms with Crippen molar-refractivity contribution in [2.75, 3.05) is 19.9 Å². The second-order valence-corrected chi connectivity index (χ2v) is 4.46. The lowest BCUT2D eigenvalue weighted by molar-refractivity contribution is -0.138. The van der Waals surface area contributed by atoms with Crippen LogP contribution in [0.15, 0.2) is 12.1 Å². The summed E-state index contributed by atoms with van der Waals surface area (Å²) >= 11 is 6.06. The van der Waals surface area contributed by atoms with Gasteiger partial charge in [0.05, 0.1) is 18.1 Å². The summed E-state index contributed by atoms with van der Waals surface area (Å²) in [4.78, 5) is 12.4. The largest absolute Gasteiger partial charge is 0.480 e. The van der Waals surface area contributed by atoms with Crippen LogP contribution in [-0.2, 0) is 11.3 Å². The fourth-order valence-corrected chi connectivity index (χ4v) is 2.15. The number of benzene rings is 1. The maximum atomic E-state index is 10.7. The van der Waals surface area contributed by atoms with Gasteiger partial charge in [0, 0.05) is 6.54 Å². The van der Waals surface area contributed by atoms with E-state index in [0.29, 0.717) is 23.1 Å². The molecule has 100 valence electrons. The zero-order valence-electron chi connectivity index (χ0n) is 10.1. The molecule has 0 aromatic heterocycles. The van der Waals surface area contributed by atoms with Crippen LogP contribution in [0.3, 0.4) is 0 Å². The number of hydrogen-bond donors (Lipinski definition) is 1. The average molecular weight is 282 g/mol. The Morgan fingerprint density at radius 3 is 3.00 bits per heavy atom. The van der Waals surface area contributed by atoms with Crippen LogP contribution in [0.2, 0.25) is 5.02 Å². The summed E-state index contributed by atoms with van der Waals surface area (Å²) in [5, 5.41) is 9.26. The molecule has 2 rings (SSSR count). The lowest BCUT2D eigenvalue weighted by Gasteiger charge is -2.17. The van der Waals surface area contributed by atoms with E-state index in [9.17, 15) is 4.79 Å². The van der Waals surface area contributed by atoms with Gasteiger partial charge in [-0.15, -0.1) is 6.42 Å². The van der Waals surface area contributed by atoms with Crippen LogP contribution < -0.4 is 9.47 Å². The molecule has 0 saturated heterocycles. The lowest BCUT2D eigenvalue weighted by Crippen LogP contribution is -2.29. The van der Waals surface area contributed by atoms with Crippen molar-refractivity contribution in [2.45, 2.75) is 6.54 Å². The molecule has 1 N–H and O–H groups in total. The molecule has 0 atom stereocenters. The molecular formula is C13H12ClNO4. The molecule has 0 amide bonds. The van der Waals surface area contributed by atoms with Crippen molar-refractivity contribution in [3.63, 3.8) is 0 Å². The number of ether oxygens (including phenoxy) is 2. The van der Waals surface area contributed by atoms with Gasteiger partial charge in [0.1, 0.15) is 0 Å². The Morgan fingerprint density at radius 2 is 2.32 bits per heavy atom. The number of terminal acetylenes is 1. The first-order valence-corrected chi connectivity index (χ1v) is 5.93. The number of carbonyl (C=O) groups is 1. The van der Waals surface area contributed by atoms with Crippen molar-refractivity contribution >= 4 is 17.6 Å².